The molecule has 1 heterocycles. The Bertz CT molecular complexity index is 409. The Morgan fingerprint density at radius 3 is 3.07 bits per heavy atom. The molecule has 0 N–H and O–H groups in total. The number of rotatable bonds is 3. The van der Waals surface area contributed by atoms with Crippen LogP contribution in [0.1, 0.15) is 12.1 Å². The van der Waals surface area contributed by atoms with E-state index >= 15 is 0 Å². The summed E-state index contributed by atoms with van der Waals surface area (Å²) in [5.41, 5.74) is 8.70. The first-order valence-corrected chi connectivity index (χ1v) is 4.36. The Morgan fingerprint density at radius 1 is 1.60 bits per heavy atom. The summed E-state index contributed by atoms with van der Waals surface area (Å²) >= 11 is 0. The molecular formula is C10H10N4O. The van der Waals surface area contributed by atoms with Gasteiger partial charge in [0.05, 0.1) is 13.3 Å². The van der Waals surface area contributed by atoms with Crippen LogP contribution >= 0.6 is 0 Å². The van der Waals surface area contributed by atoms with E-state index in [1.54, 1.807) is 25.4 Å². The van der Waals surface area contributed by atoms with E-state index < -0.39 is 0 Å². The molecule has 1 rings (SSSR count). The second kappa shape index (κ2) is 6.30. The molecular weight excluding hydrogens is 192 g/mol. The van der Waals surface area contributed by atoms with Crippen molar-refractivity contribution < 1.29 is 4.74 Å². The molecule has 0 aliphatic rings. The third-order valence-corrected chi connectivity index (χ3v) is 1.59. The molecule has 0 amide bonds. The minimum absolute atomic E-state index is 0.389. The zero-order chi connectivity index (χ0) is 10.9. The predicted octanol–water partition coefficient (Wildman–Crippen LogP) is 2.14. The summed E-state index contributed by atoms with van der Waals surface area (Å²) in [5, 5.41) is 3.37. The van der Waals surface area contributed by atoms with Crippen LogP contribution in [-0.2, 0) is 0 Å². The molecule has 5 nitrogen and oxygen atoms in total. The van der Waals surface area contributed by atoms with E-state index in [2.05, 4.69) is 26.9 Å². The van der Waals surface area contributed by atoms with Gasteiger partial charge in [-0.1, -0.05) is 11.0 Å². The molecule has 15 heavy (non-hydrogen) atoms. The normalized spacial score (nSPS) is 8.33. The summed E-state index contributed by atoms with van der Waals surface area (Å²) in [7, 11) is 1.59. The van der Waals surface area contributed by atoms with Crippen molar-refractivity contribution in [3.8, 4) is 17.6 Å². The van der Waals surface area contributed by atoms with E-state index in [4.69, 9.17) is 10.3 Å². The highest BCUT2D eigenvalue weighted by Crippen LogP contribution is 2.06. The summed E-state index contributed by atoms with van der Waals surface area (Å²) in [6, 6.07) is 3.57. The second-order valence-electron chi connectivity index (χ2n) is 2.59. The molecule has 0 atom stereocenters. The Kier molecular flexibility index (Phi) is 4.58. The van der Waals surface area contributed by atoms with Gasteiger partial charge in [0.2, 0.25) is 0 Å². The highest BCUT2D eigenvalue weighted by atomic mass is 16.5. The number of ether oxygens (including phenoxy) is 1. The average molecular weight is 202 g/mol. The second-order valence-corrected chi connectivity index (χ2v) is 2.59. The van der Waals surface area contributed by atoms with E-state index in [0.717, 1.165) is 0 Å². The van der Waals surface area contributed by atoms with E-state index in [1.165, 1.54) is 0 Å². The third kappa shape index (κ3) is 4.03. The first-order valence-electron chi connectivity index (χ1n) is 4.36. The molecule has 0 unspecified atom stereocenters. The largest absolute Gasteiger partial charge is 0.495 e. The summed E-state index contributed by atoms with van der Waals surface area (Å²) < 4.78 is 4.96. The van der Waals surface area contributed by atoms with Gasteiger partial charge in [0.1, 0.15) is 11.4 Å². The molecule has 0 radical (unpaired) electrons. The van der Waals surface area contributed by atoms with Crippen molar-refractivity contribution >= 4 is 0 Å². The van der Waals surface area contributed by atoms with Crippen molar-refractivity contribution in [2.24, 2.45) is 5.11 Å². The van der Waals surface area contributed by atoms with Crippen LogP contribution in [0, 0.1) is 11.8 Å². The van der Waals surface area contributed by atoms with Crippen molar-refractivity contribution in [2.45, 2.75) is 6.42 Å². The van der Waals surface area contributed by atoms with Crippen molar-refractivity contribution in [1.29, 1.82) is 0 Å². The van der Waals surface area contributed by atoms with Crippen LogP contribution in [0.5, 0.6) is 5.75 Å². The van der Waals surface area contributed by atoms with Crippen LogP contribution in [0.25, 0.3) is 10.4 Å². The number of nitrogens with zero attached hydrogens (tertiary/aromatic N) is 4. The molecule has 0 bridgehead atoms. The zero-order valence-electron chi connectivity index (χ0n) is 8.34. The van der Waals surface area contributed by atoms with Gasteiger partial charge in [0.15, 0.2) is 0 Å². The van der Waals surface area contributed by atoms with Crippen molar-refractivity contribution in [3.05, 3.63) is 34.5 Å². The predicted molar refractivity (Wildman–Crippen MR) is 56.3 cm³/mol. The molecule has 0 aliphatic heterocycles. The van der Waals surface area contributed by atoms with Gasteiger partial charge < -0.3 is 4.74 Å². The van der Waals surface area contributed by atoms with Crippen LogP contribution in [-0.4, -0.2) is 18.6 Å². The molecule has 5 heteroatoms. The van der Waals surface area contributed by atoms with Gasteiger partial charge in [-0.2, -0.15) is 0 Å². The topological polar surface area (TPSA) is 70.9 Å². The number of methoxy groups -OCH3 is 1. The van der Waals surface area contributed by atoms with Crippen LogP contribution in [0.3, 0.4) is 0 Å². The molecule has 1 aromatic heterocycles. The minimum atomic E-state index is 0.389. The fourth-order valence-electron chi connectivity index (χ4n) is 0.879. The lowest BCUT2D eigenvalue weighted by molar-refractivity contribution is 0.413. The van der Waals surface area contributed by atoms with E-state index in [-0.39, 0.29) is 0 Å². The van der Waals surface area contributed by atoms with Gasteiger partial charge in [-0.05, 0) is 23.6 Å². The number of hydrogen-bond acceptors (Lipinski definition) is 3. The lowest BCUT2D eigenvalue weighted by Crippen LogP contribution is -1.86. The van der Waals surface area contributed by atoms with Crippen LogP contribution in [0.15, 0.2) is 23.4 Å². The van der Waals surface area contributed by atoms with Gasteiger partial charge in [0.25, 0.3) is 0 Å². The van der Waals surface area contributed by atoms with Crippen LogP contribution in [0.2, 0.25) is 0 Å². The SMILES string of the molecule is COc1ccc(C#CCCN=[N+]=[N-])nc1. The molecule has 0 aliphatic carbocycles. The van der Waals surface area contributed by atoms with Gasteiger partial charge in [-0.3, -0.25) is 0 Å². The zero-order valence-corrected chi connectivity index (χ0v) is 8.34. The van der Waals surface area contributed by atoms with Crippen LogP contribution in [0.4, 0.5) is 0 Å². The molecule has 1 aromatic rings. The molecule has 0 spiro atoms. The number of pyridine rings is 1. The highest BCUT2D eigenvalue weighted by Gasteiger charge is 1.90. The van der Waals surface area contributed by atoms with E-state index in [1.807, 2.05) is 0 Å². The summed E-state index contributed by atoms with van der Waals surface area (Å²) in [5.74, 6) is 6.41. The van der Waals surface area contributed by atoms with E-state index in [0.29, 0.717) is 24.4 Å². The molecule has 0 fully saturated rings. The van der Waals surface area contributed by atoms with Crippen molar-refractivity contribution in [1.82, 2.24) is 4.98 Å². The molecule has 0 saturated carbocycles. The van der Waals surface area contributed by atoms with Crippen molar-refractivity contribution in [3.63, 3.8) is 0 Å². The average Bonchev–Trinajstić information content (AvgIpc) is 2.30. The summed E-state index contributed by atoms with van der Waals surface area (Å²) in [4.78, 5) is 6.69. The lowest BCUT2D eigenvalue weighted by atomic mass is 10.3. The Hall–Kier alpha value is -2.18. The summed E-state index contributed by atoms with van der Waals surface area (Å²) in [6.45, 7) is 0.389. The number of aromatic nitrogens is 1. The first-order chi connectivity index (χ1) is 7.36. The summed E-state index contributed by atoms with van der Waals surface area (Å²) in [6.07, 6.45) is 2.15. The highest BCUT2D eigenvalue weighted by molar-refractivity contribution is 5.31. The standard InChI is InChI=1S/C10H10N4O/c1-15-10-6-5-9(12-8-10)4-2-3-7-13-14-11/h5-6,8H,3,7H2,1H3. The monoisotopic (exact) mass is 202 g/mol. The Balaban J connectivity index is 2.52. The van der Waals surface area contributed by atoms with Gasteiger partial charge in [-0.15, -0.1) is 0 Å². The Labute approximate surface area is 87.7 Å². The van der Waals surface area contributed by atoms with Gasteiger partial charge in [-0.25, -0.2) is 4.98 Å². The maximum atomic E-state index is 8.02. The van der Waals surface area contributed by atoms with Crippen molar-refractivity contribution in [2.75, 3.05) is 13.7 Å². The number of azide groups is 1. The maximum absolute atomic E-state index is 8.02. The number of hydrogen-bond donors (Lipinski definition) is 0. The third-order valence-electron chi connectivity index (χ3n) is 1.59. The van der Waals surface area contributed by atoms with Crippen LogP contribution < -0.4 is 4.74 Å². The Morgan fingerprint density at radius 2 is 2.47 bits per heavy atom. The molecule has 0 aromatic carbocycles. The maximum Gasteiger partial charge on any atom is 0.137 e. The first kappa shape index (κ1) is 10.9. The lowest BCUT2D eigenvalue weighted by Gasteiger charge is -1.96. The minimum Gasteiger partial charge on any atom is -0.495 e. The van der Waals surface area contributed by atoms with Gasteiger partial charge in [0, 0.05) is 17.9 Å². The van der Waals surface area contributed by atoms with Gasteiger partial charge >= 0.3 is 0 Å². The van der Waals surface area contributed by atoms with E-state index in [9.17, 15) is 0 Å². The molecule has 76 valence electrons. The quantitative estimate of drug-likeness (QED) is 0.247. The fourth-order valence-corrected chi connectivity index (χ4v) is 0.879. The molecule has 0 saturated heterocycles. The smallest absolute Gasteiger partial charge is 0.137 e. The fraction of sp³-hybridized carbons (Fsp3) is 0.300.